The fourth-order valence-electron chi connectivity index (χ4n) is 2.13. The Morgan fingerprint density at radius 1 is 1.00 bits per heavy atom. The van der Waals surface area contributed by atoms with Gasteiger partial charge in [0.2, 0.25) is 0 Å². The number of anilines is 1. The van der Waals surface area contributed by atoms with E-state index in [4.69, 9.17) is 5.73 Å². The van der Waals surface area contributed by atoms with Crippen LogP contribution in [0.25, 0.3) is 0 Å². The number of halogens is 3. The van der Waals surface area contributed by atoms with Gasteiger partial charge in [-0.3, -0.25) is 0 Å². The van der Waals surface area contributed by atoms with E-state index in [-0.39, 0.29) is 0 Å². The van der Waals surface area contributed by atoms with Gasteiger partial charge in [-0.2, -0.15) is 13.2 Å². The van der Waals surface area contributed by atoms with E-state index in [9.17, 15) is 13.2 Å². The van der Waals surface area contributed by atoms with Crippen molar-refractivity contribution in [3.63, 3.8) is 0 Å². The fourth-order valence-corrected chi connectivity index (χ4v) is 2.13. The number of benzene rings is 2. The van der Waals surface area contributed by atoms with Crippen LogP contribution in [0.2, 0.25) is 0 Å². The van der Waals surface area contributed by atoms with Crippen LogP contribution in [0.1, 0.15) is 16.7 Å². The standard InChI is InChI=1S/C16H17F3N2/c1-21(11-13-4-2-3-12(9-13)10-20)15-7-5-14(6-8-15)16(17,18)19/h2-9H,10-11,20H2,1H3. The molecule has 0 saturated heterocycles. The van der Waals surface area contributed by atoms with Crippen LogP contribution >= 0.6 is 0 Å². The average Bonchev–Trinajstić information content (AvgIpc) is 2.46. The minimum Gasteiger partial charge on any atom is -0.370 e. The Kier molecular flexibility index (Phi) is 4.53. The molecule has 0 heterocycles. The molecule has 0 aromatic heterocycles. The van der Waals surface area contributed by atoms with Crippen molar-refractivity contribution < 1.29 is 13.2 Å². The van der Waals surface area contributed by atoms with Gasteiger partial charge in [0, 0.05) is 25.8 Å². The number of nitrogens with two attached hydrogens (primary N) is 1. The van der Waals surface area contributed by atoms with E-state index >= 15 is 0 Å². The van der Waals surface area contributed by atoms with Crippen LogP contribution in [0.5, 0.6) is 0 Å². The molecular weight excluding hydrogens is 277 g/mol. The van der Waals surface area contributed by atoms with Crippen molar-refractivity contribution in [1.29, 1.82) is 0 Å². The second-order valence-corrected chi connectivity index (χ2v) is 4.92. The molecule has 2 aromatic carbocycles. The largest absolute Gasteiger partial charge is 0.416 e. The predicted molar refractivity (Wildman–Crippen MR) is 77.9 cm³/mol. The highest BCUT2D eigenvalue weighted by molar-refractivity contribution is 5.48. The summed E-state index contributed by atoms with van der Waals surface area (Å²) in [7, 11) is 1.84. The summed E-state index contributed by atoms with van der Waals surface area (Å²) in [5.74, 6) is 0. The van der Waals surface area contributed by atoms with Crippen molar-refractivity contribution in [2.75, 3.05) is 11.9 Å². The maximum Gasteiger partial charge on any atom is 0.416 e. The number of hydrogen-bond donors (Lipinski definition) is 1. The Hall–Kier alpha value is -2.01. The molecule has 2 rings (SSSR count). The van der Waals surface area contributed by atoms with Crippen LogP contribution in [-0.4, -0.2) is 7.05 Å². The molecule has 0 unspecified atom stereocenters. The topological polar surface area (TPSA) is 29.3 Å². The normalized spacial score (nSPS) is 11.5. The summed E-state index contributed by atoms with van der Waals surface area (Å²) in [6.45, 7) is 1.08. The molecule has 2 aromatic rings. The van der Waals surface area contributed by atoms with Gasteiger partial charge in [0.15, 0.2) is 0 Å². The second-order valence-electron chi connectivity index (χ2n) is 4.92. The lowest BCUT2D eigenvalue weighted by Gasteiger charge is -2.20. The van der Waals surface area contributed by atoms with Gasteiger partial charge in [-0.1, -0.05) is 24.3 Å². The number of nitrogens with zero attached hydrogens (tertiary/aromatic N) is 1. The van der Waals surface area contributed by atoms with E-state index in [0.717, 1.165) is 28.9 Å². The minimum absolute atomic E-state index is 0.470. The molecule has 0 spiro atoms. The van der Waals surface area contributed by atoms with Gasteiger partial charge in [0.25, 0.3) is 0 Å². The third-order valence-corrected chi connectivity index (χ3v) is 3.28. The Balaban J connectivity index is 2.11. The summed E-state index contributed by atoms with van der Waals surface area (Å²) < 4.78 is 37.6. The van der Waals surface area contributed by atoms with Gasteiger partial charge in [0.1, 0.15) is 0 Å². The molecule has 0 bridgehead atoms. The maximum atomic E-state index is 12.5. The van der Waals surface area contributed by atoms with Gasteiger partial charge in [0.05, 0.1) is 5.56 Å². The molecule has 0 aliphatic carbocycles. The summed E-state index contributed by atoms with van der Waals surface area (Å²) in [5.41, 5.74) is 7.81. The molecule has 0 atom stereocenters. The lowest BCUT2D eigenvalue weighted by Crippen LogP contribution is -2.17. The number of hydrogen-bond acceptors (Lipinski definition) is 2. The van der Waals surface area contributed by atoms with Gasteiger partial charge in [-0.25, -0.2) is 0 Å². The van der Waals surface area contributed by atoms with E-state index in [0.29, 0.717) is 13.1 Å². The third-order valence-electron chi connectivity index (χ3n) is 3.28. The van der Waals surface area contributed by atoms with Crippen LogP contribution in [0, 0.1) is 0 Å². The Morgan fingerprint density at radius 3 is 2.19 bits per heavy atom. The molecule has 0 aliphatic heterocycles. The number of alkyl halides is 3. The van der Waals surface area contributed by atoms with Crippen molar-refractivity contribution in [2.45, 2.75) is 19.3 Å². The Morgan fingerprint density at radius 2 is 1.62 bits per heavy atom. The van der Waals surface area contributed by atoms with Crippen molar-refractivity contribution in [3.8, 4) is 0 Å². The first-order chi connectivity index (χ1) is 9.90. The fraction of sp³-hybridized carbons (Fsp3) is 0.250. The molecule has 5 heteroatoms. The monoisotopic (exact) mass is 294 g/mol. The van der Waals surface area contributed by atoms with Crippen molar-refractivity contribution >= 4 is 5.69 Å². The molecule has 2 nitrogen and oxygen atoms in total. The van der Waals surface area contributed by atoms with Crippen LogP contribution in [0.3, 0.4) is 0 Å². The first-order valence-corrected chi connectivity index (χ1v) is 6.56. The van der Waals surface area contributed by atoms with Gasteiger partial charge in [-0.05, 0) is 35.4 Å². The van der Waals surface area contributed by atoms with Crippen molar-refractivity contribution in [3.05, 3.63) is 65.2 Å². The SMILES string of the molecule is CN(Cc1cccc(CN)c1)c1ccc(C(F)(F)F)cc1. The van der Waals surface area contributed by atoms with Crippen LogP contribution in [0.15, 0.2) is 48.5 Å². The molecule has 0 amide bonds. The van der Waals surface area contributed by atoms with E-state index in [1.165, 1.54) is 12.1 Å². The van der Waals surface area contributed by atoms with Crippen molar-refractivity contribution in [1.82, 2.24) is 0 Å². The quantitative estimate of drug-likeness (QED) is 0.929. The molecule has 0 saturated carbocycles. The molecule has 0 aliphatic rings. The molecule has 2 N–H and O–H groups in total. The highest BCUT2D eigenvalue weighted by Gasteiger charge is 2.30. The van der Waals surface area contributed by atoms with Crippen LogP contribution < -0.4 is 10.6 Å². The highest BCUT2D eigenvalue weighted by atomic mass is 19.4. The first-order valence-electron chi connectivity index (χ1n) is 6.56. The molecular formula is C16H17F3N2. The smallest absolute Gasteiger partial charge is 0.370 e. The second kappa shape index (κ2) is 6.18. The maximum absolute atomic E-state index is 12.5. The Bertz CT molecular complexity index is 591. The Labute approximate surface area is 122 Å². The molecule has 21 heavy (non-hydrogen) atoms. The highest BCUT2D eigenvalue weighted by Crippen LogP contribution is 2.30. The lowest BCUT2D eigenvalue weighted by molar-refractivity contribution is -0.137. The van der Waals surface area contributed by atoms with Crippen LogP contribution in [0.4, 0.5) is 18.9 Å². The van der Waals surface area contributed by atoms with Gasteiger partial charge in [-0.15, -0.1) is 0 Å². The van der Waals surface area contributed by atoms with Crippen molar-refractivity contribution in [2.24, 2.45) is 5.73 Å². The van der Waals surface area contributed by atoms with E-state index in [2.05, 4.69) is 0 Å². The zero-order valence-corrected chi connectivity index (χ0v) is 11.7. The summed E-state index contributed by atoms with van der Waals surface area (Å²) in [6, 6.07) is 13.0. The zero-order chi connectivity index (χ0) is 15.5. The number of rotatable bonds is 4. The van der Waals surface area contributed by atoms with E-state index in [1.807, 2.05) is 36.2 Å². The molecule has 0 radical (unpaired) electrons. The third kappa shape index (κ3) is 3.98. The van der Waals surface area contributed by atoms with E-state index in [1.54, 1.807) is 0 Å². The van der Waals surface area contributed by atoms with E-state index < -0.39 is 11.7 Å². The zero-order valence-electron chi connectivity index (χ0n) is 11.7. The summed E-state index contributed by atoms with van der Waals surface area (Å²) in [5, 5.41) is 0. The average molecular weight is 294 g/mol. The minimum atomic E-state index is -4.30. The lowest BCUT2D eigenvalue weighted by atomic mass is 10.1. The summed E-state index contributed by atoms with van der Waals surface area (Å²) in [4.78, 5) is 1.90. The summed E-state index contributed by atoms with van der Waals surface area (Å²) in [6.07, 6.45) is -4.30. The van der Waals surface area contributed by atoms with Crippen LogP contribution in [-0.2, 0) is 19.3 Å². The first kappa shape index (κ1) is 15.4. The van der Waals surface area contributed by atoms with Gasteiger partial charge < -0.3 is 10.6 Å². The summed E-state index contributed by atoms with van der Waals surface area (Å²) >= 11 is 0. The molecule has 112 valence electrons. The van der Waals surface area contributed by atoms with Gasteiger partial charge >= 0.3 is 6.18 Å². The predicted octanol–water partition coefficient (Wildman–Crippen LogP) is 3.80. The molecule has 0 fully saturated rings.